The maximum atomic E-state index is 14.4. The van der Waals surface area contributed by atoms with Crippen molar-refractivity contribution in [3.63, 3.8) is 0 Å². The van der Waals surface area contributed by atoms with E-state index < -0.39 is 6.04 Å². The second-order valence-electron chi connectivity index (χ2n) is 14.0. The Labute approximate surface area is 322 Å². The lowest BCUT2D eigenvalue weighted by Crippen LogP contribution is -2.51. The number of hydrogen-bond donors (Lipinski definition) is 3. The minimum absolute atomic E-state index is 0.0261. The van der Waals surface area contributed by atoms with Gasteiger partial charge in [-0.15, -0.1) is 11.5 Å². The van der Waals surface area contributed by atoms with Gasteiger partial charge in [0.25, 0.3) is 0 Å². The molecular formula is C38H54N12O5. The van der Waals surface area contributed by atoms with Crippen molar-refractivity contribution in [2.75, 3.05) is 114 Å². The number of fused-ring (bicyclic) bond motifs is 1. The van der Waals surface area contributed by atoms with Gasteiger partial charge in [0, 0.05) is 63.4 Å². The first-order chi connectivity index (χ1) is 26.9. The van der Waals surface area contributed by atoms with E-state index in [1.807, 2.05) is 29.3 Å². The number of aromatic nitrogens is 7. The van der Waals surface area contributed by atoms with Crippen molar-refractivity contribution in [1.29, 1.82) is 0 Å². The summed E-state index contributed by atoms with van der Waals surface area (Å²) in [5, 5.41) is 13.2. The molecule has 0 bridgehead atoms. The number of piperazine rings is 1. The highest BCUT2D eigenvalue weighted by atomic mass is 16.5. The summed E-state index contributed by atoms with van der Waals surface area (Å²) in [4.78, 5) is 38.4. The zero-order valence-corrected chi connectivity index (χ0v) is 31.9. The van der Waals surface area contributed by atoms with Crippen LogP contribution in [0.2, 0.25) is 0 Å². The molecule has 0 saturated carbocycles. The van der Waals surface area contributed by atoms with E-state index in [0.29, 0.717) is 128 Å². The SMILES string of the molecule is C#CCOCCOCCOCCNc1nc(N2CCOCC2)nc(N2CCN(C(=O)[C@H](Cc3cc4ccccc4[nH]3)n3cc([C@@H](N)CC(C)C)nn3)CC2)n1. The number of rotatable bonds is 20. The van der Waals surface area contributed by atoms with Crippen LogP contribution in [0.15, 0.2) is 36.5 Å². The zero-order valence-electron chi connectivity index (χ0n) is 31.9. The van der Waals surface area contributed by atoms with Gasteiger partial charge in [-0.1, -0.05) is 43.2 Å². The maximum Gasteiger partial charge on any atom is 0.248 e. The molecule has 0 spiro atoms. The summed E-state index contributed by atoms with van der Waals surface area (Å²) in [5.41, 5.74) is 9.13. The van der Waals surface area contributed by atoms with Crippen LogP contribution in [-0.4, -0.2) is 144 Å². The number of anilines is 3. The molecule has 1 aromatic carbocycles. The smallest absolute Gasteiger partial charge is 0.248 e. The molecule has 4 aromatic rings. The Morgan fingerprint density at radius 2 is 1.65 bits per heavy atom. The van der Waals surface area contributed by atoms with Crippen molar-refractivity contribution in [3.05, 3.63) is 47.9 Å². The lowest BCUT2D eigenvalue weighted by molar-refractivity contribution is -0.135. The molecule has 296 valence electrons. The summed E-state index contributed by atoms with van der Waals surface area (Å²) in [5.74, 6) is 4.42. The molecule has 5 heterocycles. The van der Waals surface area contributed by atoms with Gasteiger partial charge in [-0.3, -0.25) is 4.79 Å². The molecule has 0 aliphatic carbocycles. The standard InChI is InChI=1S/C38H54N12O5/c1-4-16-52-20-22-55-23-21-53-17-9-40-36-42-37(44-38(43-36)49-14-18-54-19-15-49)48-12-10-47(11-13-48)35(51)34(26-30-25-29-7-5-6-8-32(29)41-30)50-27-33(45-46-50)31(39)24-28(2)3/h1,5-8,25,27-28,31,34,41H,9-24,26,39H2,2-3H3,(H,40,42,43,44)/t31-,34-/m0/s1. The molecule has 2 fully saturated rings. The van der Waals surface area contributed by atoms with Gasteiger partial charge in [0.05, 0.1) is 64.2 Å². The van der Waals surface area contributed by atoms with E-state index in [9.17, 15) is 4.79 Å². The number of para-hydroxylation sites is 1. The molecule has 55 heavy (non-hydrogen) atoms. The molecule has 2 atom stereocenters. The van der Waals surface area contributed by atoms with Crippen LogP contribution in [0.3, 0.4) is 0 Å². The highest BCUT2D eigenvalue weighted by Crippen LogP contribution is 2.25. The number of carbonyl (C=O) groups excluding carboxylic acids is 1. The van der Waals surface area contributed by atoms with Gasteiger partial charge in [0.1, 0.15) is 12.6 Å². The van der Waals surface area contributed by atoms with E-state index in [4.69, 9.17) is 46.1 Å². The number of nitrogens with two attached hydrogens (primary N) is 1. The molecular weight excluding hydrogens is 704 g/mol. The van der Waals surface area contributed by atoms with E-state index in [1.165, 1.54) is 0 Å². The van der Waals surface area contributed by atoms with Crippen LogP contribution in [0.4, 0.5) is 17.8 Å². The second-order valence-corrected chi connectivity index (χ2v) is 14.0. The Balaban J connectivity index is 1.09. The van der Waals surface area contributed by atoms with Crippen LogP contribution in [0, 0.1) is 18.3 Å². The van der Waals surface area contributed by atoms with Gasteiger partial charge in [0.15, 0.2) is 0 Å². The van der Waals surface area contributed by atoms with Crippen LogP contribution >= 0.6 is 0 Å². The van der Waals surface area contributed by atoms with Crippen molar-refractivity contribution < 1.29 is 23.7 Å². The van der Waals surface area contributed by atoms with Crippen LogP contribution < -0.4 is 20.9 Å². The number of H-pyrrole nitrogens is 1. The minimum atomic E-state index is -0.602. The number of hydrogen-bond acceptors (Lipinski definition) is 14. The minimum Gasteiger partial charge on any atom is -0.378 e. The quantitative estimate of drug-likeness (QED) is 0.0878. The molecule has 1 amide bonds. The number of amides is 1. The van der Waals surface area contributed by atoms with Gasteiger partial charge in [-0.25, -0.2) is 4.68 Å². The fraction of sp³-hybridized carbons (Fsp3) is 0.579. The van der Waals surface area contributed by atoms with E-state index in [0.717, 1.165) is 23.0 Å². The number of ether oxygens (including phenoxy) is 4. The predicted molar refractivity (Wildman–Crippen MR) is 209 cm³/mol. The van der Waals surface area contributed by atoms with Crippen molar-refractivity contribution in [2.45, 2.75) is 38.8 Å². The van der Waals surface area contributed by atoms with E-state index in [2.05, 4.69) is 62.3 Å². The Morgan fingerprint density at radius 1 is 0.964 bits per heavy atom. The number of carbonyl (C=O) groups is 1. The highest BCUT2D eigenvalue weighted by molar-refractivity contribution is 5.83. The monoisotopic (exact) mass is 758 g/mol. The molecule has 17 nitrogen and oxygen atoms in total. The Hall–Kier alpha value is -4.86. The highest BCUT2D eigenvalue weighted by Gasteiger charge is 2.32. The molecule has 0 radical (unpaired) electrons. The van der Waals surface area contributed by atoms with Crippen molar-refractivity contribution in [2.24, 2.45) is 11.7 Å². The number of nitrogens with one attached hydrogen (secondary N) is 2. The van der Waals surface area contributed by atoms with Gasteiger partial charge in [-0.05, 0) is 29.9 Å². The van der Waals surface area contributed by atoms with Gasteiger partial charge in [-0.2, -0.15) is 15.0 Å². The topological polar surface area (TPSA) is 187 Å². The summed E-state index contributed by atoms with van der Waals surface area (Å²) < 4.78 is 23.7. The largest absolute Gasteiger partial charge is 0.378 e. The Morgan fingerprint density at radius 3 is 2.36 bits per heavy atom. The predicted octanol–water partition coefficient (Wildman–Crippen LogP) is 2.05. The third-order valence-corrected chi connectivity index (χ3v) is 9.48. The van der Waals surface area contributed by atoms with Crippen LogP contribution in [-0.2, 0) is 30.2 Å². The number of benzene rings is 1. The molecule has 6 rings (SSSR count). The maximum absolute atomic E-state index is 14.4. The summed E-state index contributed by atoms with van der Waals surface area (Å²) in [7, 11) is 0. The second kappa shape index (κ2) is 20.2. The molecule has 4 N–H and O–H groups in total. The third kappa shape index (κ3) is 11.3. The van der Waals surface area contributed by atoms with Crippen molar-refractivity contribution >= 4 is 34.7 Å². The summed E-state index contributed by atoms with van der Waals surface area (Å²) >= 11 is 0. The lowest BCUT2D eigenvalue weighted by Gasteiger charge is -2.36. The zero-order chi connectivity index (χ0) is 38.4. The van der Waals surface area contributed by atoms with E-state index in [1.54, 1.807) is 4.68 Å². The van der Waals surface area contributed by atoms with E-state index in [-0.39, 0.29) is 18.6 Å². The van der Waals surface area contributed by atoms with Crippen molar-refractivity contribution in [3.8, 4) is 12.3 Å². The summed E-state index contributed by atoms with van der Waals surface area (Å²) in [6.07, 6.45) is 8.21. The lowest BCUT2D eigenvalue weighted by atomic mass is 10.0. The summed E-state index contributed by atoms with van der Waals surface area (Å²) in [6.45, 7) is 12.0. The molecule has 3 aromatic heterocycles. The molecule has 2 saturated heterocycles. The first-order valence-corrected chi connectivity index (χ1v) is 19.1. The fourth-order valence-electron chi connectivity index (χ4n) is 6.61. The van der Waals surface area contributed by atoms with Gasteiger partial charge in [0.2, 0.25) is 23.8 Å². The van der Waals surface area contributed by atoms with Gasteiger partial charge < -0.3 is 49.7 Å². The average Bonchev–Trinajstić information content (AvgIpc) is 3.87. The number of nitrogens with zero attached hydrogens (tertiary/aromatic N) is 9. The fourth-order valence-corrected chi connectivity index (χ4v) is 6.61. The normalized spacial score (nSPS) is 16.1. The molecule has 17 heteroatoms. The van der Waals surface area contributed by atoms with Crippen LogP contribution in [0.25, 0.3) is 10.9 Å². The third-order valence-electron chi connectivity index (χ3n) is 9.48. The van der Waals surface area contributed by atoms with E-state index >= 15 is 0 Å². The molecule has 2 aliphatic rings. The summed E-state index contributed by atoms with van der Waals surface area (Å²) in [6, 6.07) is 9.33. The van der Waals surface area contributed by atoms with Gasteiger partial charge >= 0.3 is 0 Å². The number of terminal acetylenes is 1. The average molecular weight is 759 g/mol. The van der Waals surface area contributed by atoms with Crippen LogP contribution in [0.1, 0.15) is 43.7 Å². The number of morpholine rings is 1. The molecule has 0 unspecified atom stereocenters. The number of aromatic amines is 1. The molecule has 2 aliphatic heterocycles. The van der Waals surface area contributed by atoms with Crippen molar-refractivity contribution in [1.82, 2.24) is 39.8 Å². The first-order valence-electron chi connectivity index (χ1n) is 19.1. The Bertz CT molecular complexity index is 1800. The first kappa shape index (κ1) is 39.8. The Kier molecular flexibility index (Phi) is 14.6. The van der Waals surface area contributed by atoms with Crippen LogP contribution in [0.5, 0.6) is 0 Å².